The fraction of sp³-hybridized carbons (Fsp3) is 0.227. The van der Waals surface area contributed by atoms with Crippen LogP contribution in [0.15, 0.2) is 36.4 Å². The molecule has 3 rings (SSSR count). The number of thiophene rings is 1. The second-order valence-electron chi connectivity index (χ2n) is 6.40. The molecule has 0 saturated heterocycles. The van der Waals surface area contributed by atoms with Gasteiger partial charge in [0.25, 0.3) is 0 Å². The summed E-state index contributed by atoms with van der Waals surface area (Å²) in [7, 11) is 0. The van der Waals surface area contributed by atoms with Gasteiger partial charge in [-0.2, -0.15) is 0 Å². The number of esters is 1. The molecule has 0 aliphatic heterocycles. The molecule has 140 valence electrons. The lowest BCUT2D eigenvalue weighted by molar-refractivity contribution is 0.0531. The van der Waals surface area contributed by atoms with Gasteiger partial charge < -0.3 is 4.74 Å². The zero-order valence-corrected chi connectivity index (χ0v) is 18.0. The summed E-state index contributed by atoms with van der Waals surface area (Å²) >= 11 is 13.8. The van der Waals surface area contributed by atoms with Gasteiger partial charge in [0.05, 0.1) is 6.61 Å². The number of aryl methyl sites for hydroxylation is 2. The lowest BCUT2D eigenvalue weighted by Gasteiger charge is -2.12. The summed E-state index contributed by atoms with van der Waals surface area (Å²) in [5, 5.41) is 1.39. The van der Waals surface area contributed by atoms with Gasteiger partial charge in [-0.3, -0.25) is 0 Å². The number of halogens is 2. The second kappa shape index (κ2) is 8.05. The number of carbonyl (C=O) groups excluding carboxylic acids is 1. The van der Waals surface area contributed by atoms with Gasteiger partial charge in [-0.15, -0.1) is 11.3 Å². The van der Waals surface area contributed by atoms with Crippen molar-refractivity contribution in [1.82, 2.24) is 0 Å². The van der Waals surface area contributed by atoms with E-state index in [1.807, 2.05) is 64.1 Å². The Balaban J connectivity index is 2.31. The van der Waals surface area contributed by atoms with Crippen molar-refractivity contribution < 1.29 is 9.53 Å². The van der Waals surface area contributed by atoms with Gasteiger partial charge in [-0.25, -0.2) is 4.79 Å². The van der Waals surface area contributed by atoms with E-state index in [-0.39, 0.29) is 5.97 Å². The molecule has 0 radical (unpaired) electrons. The Hall–Kier alpha value is -1.81. The zero-order chi connectivity index (χ0) is 19.7. The van der Waals surface area contributed by atoms with Crippen molar-refractivity contribution in [2.24, 2.45) is 0 Å². The first-order chi connectivity index (χ1) is 12.8. The molecule has 0 aliphatic carbocycles. The first-order valence-corrected chi connectivity index (χ1v) is 10.2. The zero-order valence-electron chi connectivity index (χ0n) is 15.7. The Morgan fingerprint density at radius 1 is 0.963 bits per heavy atom. The normalized spacial score (nSPS) is 10.9. The van der Waals surface area contributed by atoms with E-state index in [4.69, 9.17) is 27.9 Å². The molecule has 1 heterocycles. The lowest BCUT2D eigenvalue weighted by Crippen LogP contribution is -2.03. The van der Waals surface area contributed by atoms with E-state index >= 15 is 0 Å². The van der Waals surface area contributed by atoms with Crippen molar-refractivity contribution in [2.45, 2.75) is 27.7 Å². The fourth-order valence-corrected chi connectivity index (χ4v) is 4.97. The summed E-state index contributed by atoms with van der Waals surface area (Å²) < 4.78 is 5.28. The Labute approximate surface area is 173 Å². The highest BCUT2D eigenvalue weighted by molar-refractivity contribution is 7.18. The standard InChI is InChI=1S/C22H20Cl2O2S/c1-5-26-22(25)20-14(4)19(17-8-6-15(23)10-12(17)2)21(27-20)18-9-7-16(24)11-13(18)3/h6-11H,5H2,1-4H3. The molecule has 0 aliphatic rings. The smallest absolute Gasteiger partial charge is 0.348 e. The Kier molecular flexibility index (Phi) is 5.95. The molecule has 5 heteroatoms. The third kappa shape index (κ3) is 3.91. The van der Waals surface area contributed by atoms with Crippen molar-refractivity contribution in [3.63, 3.8) is 0 Å². The number of carbonyl (C=O) groups is 1. The second-order valence-corrected chi connectivity index (χ2v) is 8.29. The van der Waals surface area contributed by atoms with Crippen molar-refractivity contribution in [2.75, 3.05) is 6.61 Å². The van der Waals surface area contributed by atoms with Crippen molar-refractivity contribution in [3.8, 4) is 21.6 Å². The van der Waals surface area contributed by atoms with E-state index in [1.54, 1.807) is 0 Å². The monoisotopic (exact) mass is 418 g/mol. The molecule has 0 bridgehead atoms. The van der Waals surface area contributed by atoms with Gasteiger partial charge in [0.15, 0.2) is 0 Å². The molecule has 1 aromatic heterocycles. The lowest BCUT2D eigenvalue weighted by atomic mass is 9.93. The molecule has 0 amide bonds. The quantitative estimate of drug-likeness (QED) is 0.410. The topological polar surface area (TPSA) is 26.3 Å². The summed E-state index contributed by atoms with van der Waals surface area (Å²) in [4.78, 5) is 14.2. The van der Waals surface area contributed by atoms with Crippen molar-refractivity contribution in [3.05, 3.63) is 68.0 Å². The summed E-state index contributed by atoms with van der Waals surface area (Å²) in [6, 6.07) is 11.7. The molecule has 0 fully saturated rings. The number of ether oxygens (including phenoxy) is 1. The van der Waals surface area contributed by atoms with E-state index in [0.29, 0.717) is 21.5 Å². The largest absolute Gasteiger partial charge is 0.462 e. The Morgan fingerprint density at radius 3 is 2.04 bits per heavy atom. The first-order valence-electron chi connectivity index (χ1n) is 8.67. The molecule has 0 saturated carbocycles. The molecule has 0 atom stereocenters. The van der Waals surface area contributed by atoms with Crippen LogP contribution in [0.2, 0.25) is 10.0 Å². The van der Waals surface area contributed by atoms with Crippen LogP contribution in [-0.4, -0.2) is 12.6 Å². The summed E-state index contributed by atoms with van der Waals surface area (Å²) in [6.45, 7) is 8.19. The van der Waals surface area contributed by atoms with E-state index in [1.165, 1.54) is 11.3 Å². The molecular weight excluding hydrogens is 399 g/mol. The molecule has 0 unspecified atom stereocenters. The highest BCUT2D eigenvalue weighted by atomic mass is 35.5. The predicted octanol–water partition coefficient (Wildman–Crippen LogP) is 7.49. The maximum absolute atomic E-state index is 12.5. The molecule has 2 nitrogen and oxygen atoms in total. The van der Waals surface area contributed by atoms with Crippen molar-refractivity contribution in [1.29, 1.82) is 0 Å². The molecule has 3 aromatic rings. The van der Waals surface area contributed by atoms with Crippen LogP contribution >= 0.6 is 34.5 Å². The van der Waals surface area contributed by atoms with Crippen molar-refractivity contribution >= 4 is 40.5 Å². The third-order valence-corrected chi connectivity index (χ3v) is 6.27. The average Bonchev–Trinajstić information content (AvgIpc) is 2.92. The first kappa shape index (κ1) is 19.9. The van der Waals surface area contributed by atoms with Gasteiger partial charge >= 0.3 is 5.97 Å². The summed E-state index contributed by atoms with van der Waals surface area (Å²) in [5.74, 6) is -0.286. The van der Waals surface area contributed by atoms with Crippen LogP contribution in [0.5, 0.6) is 0 Å². The summed E-state index contributed by atoms with van der Waals surface area (Å²) in [6.07, 6.45) is 0. The highest BCUT2D eigenvalue weighted by Crippen LogP contribution is 2.45. The molecule has 27 heavy (non-hydrogen) atoms. The average molecular weight is 419 g/mol. The molecule has 2 aromatic carbocycles. The van der Waals surface area contributed by atoms with Crippen LogP contribution in [0.3, 0.4) is 0 Å². The maximum atomic E-state index is 12.5. The minimum atomic E-state index is -0.286. The van der Waals surface area contributed by atoms with Crippen LogP contribution in [0.25, 0.3) is 21.6 Å². The molecule has 0 N–H and O–H groups in total. The molecule has 0 spiro atoms. The number of rotatable bonds is 4. The van der Waals surface area contributed by atoms with Crippen LogP contribution in [0.4, 0.5) is 0 Å². The number of hydrogen-bond donors (Lipinski definition) is 0. The highest BCUT2D eigenvalue weighted by Gasteiger charge is 2.24. The van der Waals surface area contributed by atoms with Gasteiger partial charge in [0.1, 0.15) is 4.88 Å². The Morgan fingerprint density at radius 2 is 1.52 bits per heavy atom. The summed E-state index contributed by atoms with van der Waals surface area (Å²) in [5.41, 5.74) is 6.22. The van der Waals surface area contributed by atoms with Gasteiger partial charge in [0.2, 0.25) is 0 Å². The van der Waals surface area contributed by atoms with E-state index < -0.39 is 0 Å². The van der Waals surface area contributed by atoms with Crippen LogP contribution in [0.1, 0.15) is 33.3 Å². The molecular formula is C22H20Cl2O2S. The SMILES string of the molecule is CCOC(=O)c1sc(-c2ccc(Cl)cc2C)c(-c2ccc(Cl)cc2C)c1C. The van der Waals surface area contributed by atoms with Crippen LogP contribution < -0.4 is 0 Å². The van der Waals surface area contributed by atoms with Gasteiger partial charge in [-0.05, 0) is 79.8 Å². The minimum absolute atomic E-state index is 0.286. The number of benzene rings is 2. The van der Waals surface area contributed by atoms with Gasteiger partial charge in [0, 0.05) is 20.5 Å². The number of hydrogen-bond acceptors (Lipinski definition) is 3. The maximum Gasteiger partial charge on any atom is 0.348 e. The van der Waals surface area contributed by atoms with E-state index in [9.17, 15) is 4.79 Å². The van der Waals surface area contributed by atoms with Crippen LogP contribution in [-0.2, 0) is 4.74 Å². The fourth-order valence-electron chi connectivity index (χ4n) is 3.21. The third-order valence-electron chi connectivity index (χ3n) is 4.50. The van der Waals surface area contributed by atoms with E-state index in [0.717, 1.165) is 38.3 Å². The minimum Gasteiger partial charge on any atom is -0.462 e. The van der Waals surface area contributed by atoms with Crippen LogP contribution in [0, 0.1) is 20.8 Å². The Bertz CT molecular complexity index is 1020. The van der Waals surface area contributed by atoms with Gasteiger partial charge in [-0.1, -0.05) is 35.3 Å². The predicted molar refractivity (Wildman–Crippen MR) is 115 cm³/mol. The van der Waals surface area contributed by atoms with E-state index in [2.05, 4.69) is 0 Å².